The first-order valence-electron chi connectivity index (χ1n) is 6.59. The van der Waals surface area contributed by atoms with Crippen LogP contribution in [0.25, 0.3) is 0 Å². The molecule has 0 aromatic carbocycles. The molecular formula is C15H25N3O. The maximum atomic E-state index is 12.2. The zero-order valence-corrected chi connectivity index (χ0v) is 12.8. The van der Waals surface area contributed by atoms with Gasteiger partial charge in [-0.2, -0.15) is 0 Å². The predicted molar refractivity (Wildman–Crippen MR) is 79.4 cm³/mol. The molecular weight excluding hydrogens is 238 g/mol. The van der Waals surface area contributed by atoms with E-state index in [2.05, 4.69) is 50.2 Å². The molecule has 106 valence electrons. The van der Waals surface area contributed by atoms with Gasteiger partial charge in [0.2, 0.25) is 0 Å². The molecule has 19 heavy (non-hydrogen) atoms. The Morgan fingerprint density at radius 2 is 1.89 bits per heavy atom. The van der Waals surface area contributed by atoms with Crippen LogP contribution in [0, 0.1) is 5.41 Å². The highest BCUT2D eigenvalue weighted by Gasteiger charge is 2.27. The minimum Gasteiger partial charge on any atom is -0.373 e. The molecule has 1 aromatic rings. The van der Waals surface area contributed by atoms with Gasteiger partial charge < -0.3 is 10.6 Å². The van der Waals surface area contributed by atoms with E-state index < -0.39 is 0 Å². The zero-order valence-electron chi connectivity index (χ0n) is 12.8. The number of pyridine rings is 1. The van der Waals surface area contributed by atoms with Gasteiger partial charge in [-0.05, 0) is 37.8 Å². The molecule has 0 atom stereocenters. The molecule has 0 aliphatic carbocycles. The molecule has 1 heterocycles. The quantitative estimate of drug-likeness (QED) is 0.877. The van der Waals surface area contributed by atoms with Gasteiger partial charge >= 0.3 is 0 Å². The molecule has 2 N–H and O–H groups in total. The van der Waals surface area contributed by atoms with Crippen molar-refractivity contribution in [2.45, 2.75) is 46.6 Å². The minimum atomic E-state index is -0.238. The van der Waals surface area contributed by atoms with Crippen LogP contribution in [0.2, 0.25) is 0 Å². The van der Waals surface area contributed by atoms with E-state index in [-0.39, 0.29) is 16.9 Å². The standard InChI is InChI=1S/C15H25N3O/c1-14(2,3)10-15(4,5)18-13(19)11-7-8-17-12(9-11)16-6/h7-9H,10H2,1-6H3,(H,16,17)(H,18,19). The third-order valence-corrected chi connectivity index (χ3v) is 2.70. The van der Waals surface area contributed by atoms with Crippen molar-refractivity contribution in [3.63, 3.8) is 0 Å². The van der Waals surface area contributed by atoms with Gasteiger partial charge in [0.15, 0.2) is 0 Å². The van der Waals surface area contributed by atoms with Crippen molar-refractivity contribution in [3.05, 3.63) is 23.9 Å². The Balaban J connectivity index is 2.78. The lowest BCUT2D eigenvalue weighted by atomic mass is 9.81. The predicted octanol–water partition coefficient (Wildman–Crippen LogP) is 3.07. The average Bonchev–Trinajstić information content (AvgIpc) is 2.25. The smallest absolute Gasteiger partial charge is 0.251 e. The Kier molecular flexibility index (Phi) is 4.56. The van der Waals surface area contributed by atoms with Gasteiger partial charge in [0.25, 0.3) is 5.91 Å². The van der Waals surface area contributed by atoms with Crippen molar-refractivity contribution in [3.8, 4) is 0 Å². The van der Waals surface area contributed by atoms with Crippen molar-refractivity contribution in [2.75, 3.05) is 12.4 Å². The SMILES string of the molecule is CNc1cc(C(=O)NC(C)(C)CC(C)(C)C)ccn1. The molecule has 0 unspecified atom stereocenters. The Morgan fingerprint density at radius 3 is 2.42 bits per heavy atom. The molecule has 0 saturated heterocycles. The highest BCUT2D eigenvalue weighted by molar-refractivity contribution is 5.95. The van der Waals surface area contributed by atoms with E-state index in [0.717, 1.165) is 6.42 Å². The van der Waals surface area contributed by atoms with Crippen LogP contribution in [-0.4, -0.2) is 23.5 Å². The number of rotatable bonds is 4. The number of amides is 1. The second-order valence-corrected chi connectivity index (χ2v) is 6.76. The van der Waals surface area contributed by atoms with Crippen LogP contribution in [0.5, 0.6) is 0 Å². The van der Waals surface area contributed by atoms with Gasteiger partial charge in [0.1, 0.15) is 5.82 Å². The summed E-state index contributed by atoms with van der Waals surface area (Å²) in [6, 6.07) is 3.48. The summed E-state index contributed by atoms with van der Waals surface area (Å²) >= 11 is 0. The van der Waals surface area contributed by atoms with Crippen molar-refractivity contribution in [1.29, 1.82) is 0 Å². The maximum absolute atomic E-state index is 12.2. The molecule has 4 nitrogen and oxygen atoms in total. The third kappa shape index (κ3) is 5.28. The number of aromatic nitrogens is 1. The Morgan fingerprint density at radius 1 is 1.26 bits per heavy atom. The number of carbonyl (C=O) groups is 1. The van der Waals surface area contributed by atoms with Gasteiger partial charge in [-0.15, -0.1) is 0 Å². The lowest BCUT2D eigenvalue weighted by Crippen LogP contribution is -2.45. The second kappa shape index (κ2) is 5.59. The number of hydrogen-bond acceptors (Lipinski definition) is 3. The lowest BCUT2D eigenvalue weighted by molar-refractivity contribution is 0.0891. The van der Waals surface area contributed by atoms with E-state index in [9.17, 15) is 4.79 Å². The summed E-state index contributed by atoms with van der Waals surface area (Å²) in [6.45, 7) is 10.6. The van der Waals surface area contributed by atoms with Gasteiger partial charge in [-0.1, -0.05) is 20.8 Å². The van der Waals surface area contributed by atoms with Crippen LogP contribution >= 0.6 is 0 Å². The molecule has 0 aliphatic heterocycles. The molecule has 0 radical (unpaired) electrons. The average molecular weight is 263 g/mol. The van der Waals surface area contributed by atoms with Crippen LogP contribution < -0.4 is 10.6 Å². The fourth-order valence-corrected chi connectivity index (χ4v) is 2.46. The van der Waals surface area contributed by atoms with Crippen LogP contribution in [0.3, 0.4) is 0 Å². The first-order valence-corrected chi connectivity index (χ1v) is 6.59. The summed E-state index contributed by atoms with van der Waals surface area (Å²) in [5.74, 6) is 0.634. The van der Waals surface area contributed by atoms with E-state index in [1.165, 1.54) is 0 Å². The molecule has 0 spiro atoms. The Bertz CT molecular complexity index is 447. The van der Waals surface area contributed by atoms with Crippen LogP contribution in [0.15, 0.2) is 18.3 Å². The summed E-state index contributed by atoms with van der Waals surface area (Å²) in [5, 5.41) is 6.02. The van der Waals surface area contributed by atoms with Gasteiger partial charge in [-0.3, -0.25) is 4.79 Å². The summed E-state index contributed by atoms with van der Waals surface area (Å²) in [7, 11) is 1.79. The molecule has 0 saturated carbocycles. The van der Waals surface area contributed by atoms with Crippen molar-refractivity contribution >= 4 is 11.7 Å². The first-order chi connectivity index (χ1) is 8.63. The van der Waals surface area contributed by atoms with E-state index in [1.807, 2.05) is 0 Å². The molecule has 0 fully saturated rings. The summed E-state index contributed by atoms with van der Waals surface area (Å²) in [6.07, 6.45) is 2.55. The molecule has 0 bridgehead atoms. The van der Waals surface area contributed by atoms with Gasteiger partial charge in [-0.25, -0.2) is 4.98 Å². The molecule has 0 aliphatic rings. The molecule has 1 aromatic heterocycles. The van der Waals surface area contributed by atoms with Gasteiger partial charge in [0.05, 0.1) is 0 Å². The third-order valence-electron chi connectivity index (χ3n) is 2.70. The first kappa shape index (κ1) is 15.5. The largest absolute Gasteiger partial charge is 0.373 e. The lowest BCUT2D eigenvalue weighted by Gasteiger charge is -2.33. The maximum Gasteiger partial charge on any atom is 0.251 e. The van der Waals surface area contributed by atoms with Crippen LogP contribution in [-0.2, 0) is 0 Å². The zero-order chi connectivity index (χ0) is 14.7. The summed E-state index contributed by atoms with van der Waals surface area (Å²) in [4.78, 5) is 16.4. The second-order valence-electron chi connectivity index (χ2n) is 6.76. The fraction of sp³-hybridized carbons (Fsp3) is 0.600. The highest BCUT2D eigenvalue weighted by Crippen LogP contribution is 2.27. The van der Waals surface area contributed by atoms with Crippen molar-refractivity contribution < 1.29 is 4.79 Å². The number of nitrogens with zero attached hydrogens (tertiary/aromatic N) is 1. The van der Waals surface area contributed by atoms with E-state index in [0.29, 0.717) is 11.4 Å². The Hall–Kier alpha value is -1.58. The van der Waals surface area contributed by atoms with Gasteiger partial charge in [0, 0.05) is 24.3 Å². The van der Waals surface area contributed by atoms with E-state index in [1.54, 1.807) is 25.4 Å². The van der Waals surface area contributed by atoms with Crippen molar-refractivity contribution in [2.24, 2.45) is 5.41 Å². The molecule has 1 rings (SSSR count). The normalized spacial score (nSPS) is 12.1. The highest BCUT2D eigenvalue weighted by atomic mass is 16.1. The topological polar surface area (TPSA) is 54.0 Å². The monoisotopic (exact) mass is 263 g/mol. The van der Waals surface area contributed by atoms with Crippen LogP contribution in [0.1, 0.15) is 51.4 Å². The number of nitrogens with one attached hydrogen (secondary N) is 2. The molecule has 4 heteroatoms. The number of carbonyl (C=O) groups excluding carboxylic acids is 1. The van der Waals surface area contributed by atoms with E-state index in [4.69, 9.17) is 0 Å². The summed E-state index contributed by atoms with van der Waals surface area (Å²) in [5.41, 5.74) is 0.560. The van der Waals surface area contributed by atoms with Crippen LogP contribution in [0.4, 0.5) is 5.82 Å². The van der Waals surface area contributed by atoms with E-state index >= 15 is 0 Å². The Labute approximate surface area is 116 Å². The number of hydrogen-bond donors (Lipinski definition) is 2. The van der Waals surface area contributed by atoms with Crippen molar-refractivity contribution in [1.82, 2.24) is 10.3 Å². The molecule has 1 amide bonds. The fourth-order valence-electron chi connectivity index (χ4n) is 2.46. The summed E-state index contributed by atoms with van der Waals surface area (Å²) < 4.78 is 0. The minimum absolute atomic E-state index is 0.0619. The number of anilines is 1.